The lowest BCUT2D eigenvalue weighted by molar-refractivity contribution is 0.00188. The molecule has 0 aromatic heterocycles. The van der Waals surface area contributed by atoms with E-state index in [4.69, 9.17) is 4.74 Å². The molecule has 0 saturated heterocycles. The lowest BCUT2D eigenvalue weighted by Crippen LogP contribution is -2.48. The second kappa shape index (κ2) is 4.64. The third-order valence-corrected chi connectivity index (χ3v) is 3.32. The van der Waals surface area contributed by atoms with Gasteiger partial charge in [-0.05, 0) is 45.4 Å². The minimum absolute atomic E-state index is 0.195. The van der Waals surface area contributed by atoms with E-state index in [1.165, 1.54) is 0 Å². The fourth-order valence-corrected chi connectivity index (χ4v) is 1.97. The predicted molar refractivity (Wildman–Crippen MR) is 65.3 cm³/mol. The number of amides is 1. The van der Waals surface area contributed by atoms with Crippen LogP contribution in [0.4, 0.5) is 4.79 Å². The molecular weight excluding hydrogens is 202 g/mol. The third-order valence-electron chi connectivity index (χ3n) is 3.32. The smallest absolute Gasteiger partial charge is 0.410 e. The Labute approximate surface area is 99.1 Å². The highest BCUT2D eigenvalue weighted by atomic mass is 16.6. The Morgan fingerprint density at radius 2 is 1.81 bits per heavy atom. The van der Waals surface area contributed by atoms with E-state index in [1.54, 1.807) is 4.90 Å². The molecule has 0 aliphatic heterocycles. The maximum absolute atomic E-state index is 11.8. The van der Waals surface area contributed by atoms with Crippen molar-refractivity contribution in [3.63, 3.8) is 0 Å². The number of carbonyl (C=O) groups is 1. The number of carbonyl (C=O) groups excluding carboxylic acids is 1. The van der Waals surface area contributed by atoms with Gasteiger partial charge in [-0.3, -0.25) is 0 Å². The van der Waals surface area contributed by atoms with Crippen LogP contribution >= 0.6 is 0 Å². The van der Waals surface area contributed by atoms with E-state index in [2.05, 4.69) is 13.8 Å². The number of hydrogen-bond acceptors (Lipinski definition) is 2. The first-order valence-electron chi connectivity index (χ1n) is 6.16. The number of rotatable bonds is 2. The van der Waals surface area contributed by atoms with E-state index in [1.807, 2.05) is 27.8 Å². The van der Waals surface area contributed by atoms with Crippen LogP contribution in [-0.4, -0.2) is 29.7 Å². The molecule has 1 saturated carbocycles. The van der Waals surface area contributed by atoms with Crippen LogP contribution in [0.1, 0.15) is 47.5 Å². The fourth-order valence-electron chi connectivity index (χ4n) is 1.97. The number of hydrogen-bond donors (Lipinski definition) is 0. The van der Waals surface area contributed by atoms with Gasteiger partial charge in [-0.25, -0.2) is 4.79 Å². The Balaban J connectivity index is 2.37. The molecule has 16 heavy (non-hydrogen) atoms. The predicted octanol–water partition coefficient (Wildman–Crippen LogP) is 3.29. The summed E-state index contributed by atoms with van der Waals surface area (Å²) in [5.41, 5.74) is -0.396. The van der Waals surface area contributed by atoms with Gasteiger partial charge in [0.05, 0.1) is 0 Å². The highest BCUT2D eigenvalue weighted by Crippen LogP contribution is 2.36. The molecule has 0 spiro atoms. The average Bonchev–Trinajstić information content (AvgIpc) is 1.96. The van der Waals surface area contributed by atoms with Crippen molar-refractivity contribution in [2.75, 3.05) is 7.05 Å². The molecule has 0 aromatic carbocycles. The molecule has 3 nitrogen and oxygen atoms in total. The van der Waals surface area contributed by atoms with Gasteiger partial charge in [0, 0.05) is 13.1 Å². The molecule has 1 amide bonds. The summed E-state index contributed by atoms with van der Waals surface area (Å²) in [6, 6.07) is 0.377. The molecule has 0 aromatic rings. The van der Waals surface area contributed by atoms with Crippen LogP contribution in [0.2, 0.25) is 0 Å². The quantitative estimate of drug-likeness (QED) is 0.724. The number of ether oxygens (including phenoxy) is 1. The van der Waals surface area contributed by atoms with Gasteiger partial charge >= 0.3 is 6.09 Å². The molecule has 1 aliphatic carbocycles. The van der Waals surface area contributed by atoms with Crippen molar-refractivity contribution in [3.05, 3.63) is 0 Å². The van der Waals surface area contributed by atoms with Crippen LogP contribution in [0.25, 0.3) is 0 Å². The lowest BCUT2D eigenvalue weighted by atomic mass is 9.73. The summed E-state index contributed by atoms with van der Waals surface area (Å²) < 4.78 is 5.34. The molecule has 94 valence electrons. The van der Waals surface area contributed by atoms with Crippen molar-refractivity contribution in [2.24, 2.45) is 11.8 Å². The van der Waals surface area contributed by atoms with E-state index < -0.39 is 5.60 Å². The largest absolute Gasteiger partial charge is 0.444 e. The van der Waals surface area contributed by atoms with Gasteiger partial charge in [-0.1, -0.05) is 13.8 Å². The molecular formula is C13H25NO2. The zero-order valence-electron chi connectivity index (χ0n) is 11.4. The number of nitrogens with zero attached hydrogens (tertiary/aromatic N) is 1. The van der Waals surface area contributed by atoms with E-state index in [0.29, 0.717) is 6.04 Å². The molecule has 0 unspecified atom stereocenters. The summed E-state index contributed by atoms with van der Waals surface area (Å²) in [7, 11) is 1.84. The second-order valence-corrected chi connectivity index (χ2v) is 6.22. The minimum atomic E-state index is -0.396. The Kier molecular flexibility index (Phi) is 3.87. The minimum Gasteiger partial charge on any atom is -0.444 e. The highest BCUT2D eigenvalue weighted by Gasteiger charge is 2.36. The summed E-state index contributed by atoms with van der Waals surface area (Å²) in [5.74, 6) is 1.50. The van der Waals surface area contributed by atoms with Gasteiger partial charge in [-0.15, -0.1) is 0 Å². The molecule has 1 aliphatic rings. The first-order valence-corrected chi connectivity index (χ1v) is 6.16. The monoisotopic (exact) mass is 227 g/mol. The standard InChI is InChI=1S/C13H25NO2/c1-9(2)10-7-11(8-10)14(6)12(15)16-13(3,4)5/h9-11H,7-8H2,1-6H3/t10-,11+. The molecule has 0 radical (unpaired) electrons. The van der Waals surface area contributed by atoms with Crippen LogP contribution in [0.15, 0.2) is 0 Å². The van der Waals surface area contributed by atoms with Crippen LogP contribution < -0.4 is 0 Å². The van der Waals surface area contributed by atoms with E-state index >= 15 is 0 Å². The van der Waals surface area contributed by atoms with Gasteiger partial charge in [0.2, 0.25) is 0 Å². The molecule has 1 rings (SSSR count). The van der Waals surface area contributed by atoms with Gasteiger partial charge in [0.1, 0.15) is 5.60 Å². The Bertz CT molecular complexity index is 249. The van der Waals surface area contributed by atoms with E-state index in [9.17, 15) is 4.79 Å². The first kappa shape index (κ1) is 13.3. The summed E-state index contributed by atoms with van der Waals surface area (Å²) in [6.07, 6.45) is 2.04. The summed E-state index contributed by atoms with van der Waals surface area (Å²) in [4.78, 5) is 13.5. The van der Waals surface area contributed by atoms with Gasteiger partial charge in [0.15, 0.2) is 0 Å². The molecule has 0 atom stereocenters. The Morgan fingerprint density at radius 1 is 1.31 bits per heavy atom. The molecule has 0 N–H and O–H groups in total. The van der Waals surface area contributed by atoms with Gasteiger partial charge in [-0.2, -0.15) is 0 Å². The van der Waals surface area contributed by atoms with Crippen molar-refractivity contribution in [2.45, 2.75) is 59.1 Å². The normalized spacial score (nSPS) is 25.2. The van der Waals surface area contributed by atoms with Crippen molar-refractivity contribution < 1.29 is 9.53 Å². The first-order chi connectivity index (χ1) is 7.20. The maximum Gasteiger partial charge on any atom is 0.410 e. The fraction of sp³-hybridized carbons (Fsp3) is 0.923. The van der Waals surface area contributed by atoms with Crippen molar-refractivity contribution >= 4 is 6.09 Å². The maximum atomic E-state index is 11.8. The van der Waals surface area contributed by atoms with Crippen LogP contribution in [0.3, 0.4) is 0 Å². The average molecular weight is 227 g/mol. The van der Waals surface area contributed by atoms with E-state index in [0.717, 1.165) is 24.7 Å². The topological polar surface area (TPSA) is 29.5 Å². The van der Waals surface area contributed by atoms with Crippen molar-refractivity contribution in [1.82, 2.24) is 4.90 Å². The summed E-state index contributed by atoms with van der Waals surface area (Å²) in [6.45, 7) is 10.2. The van der Waals surface area contributed by atoms with Crippen molar-refractivity contribution in [1.29, 1.82) is 0 Å². The molecule has 1 fully saturated rings. The summed E-state index contributed by atoms with van der Waals surface area (Å²) in [5, 5.41) is 0. The molecule has 0 bridgehead atoms. The van der Waals surface area contributed by atoms with Crippen LogP contribution in [-0.2, 0) is 4.74 Å². The Morgan fingerprint density at radius 3 is 2.19 bits per heavy atom. The third kappa shape index (κ3) is 3.39. The second-order valence-electron chi connectivity index (χ2n) is 6.22. The zero-order valence-corrected chi connectivity index (χ0v) is 11.4. The van der Waals surface area contributed by atoms with Gasteiger partial charge < -0.3 is 9.64 Å². The molecule has 0 heterocycles. The van der Waals surface area contributed by atoms with Crippen molar-refractivity contribution in [3.8, 4) is 0 Å². The molecule has 3 heteroatoms. The van der Waals surface area contributed by atoms with E-state index in [-0.39, 0.29) is 6.09 Å². The SMILES string of the molecule is CC(C)[C@H]1C[C@@H](N(C)C(=O)OC(C)(C)C)C1. The summed E-state index contributed by atoms with van der Waals surface area (Å²) >= 11 is 0. The zero-order chi connectivity index (χ0) is 12.5. The van der Waals surface area contributed by atoms with Crippen LogP contribution in [0.5, 0.6) is 0 Å². The Hall–Kier alpha value is -0.730. The van der Waals surface area contributed by atoms with Crippen LogP contribution in [0, 0.1) is 11.8 Å². The lowest BCUT2D eigenvalue weighted by Gasteiger charge is -2.43. The highest BCUT2D eigenvalue weighted by molar-refractivity contribution is 5.68. The van der Waals surface area contributed by atoms with Gasteiger partial charge in [0.25, 0.3) is 0 Å².